The minimum Gasteiger partial charge on any atom is -0.453 e. The molecule has 0 aliphatic carbocycles. The number of nitrogens with zero attached hydrogens (tertiary/aromatic N) is 1. The summed E-state index contributed by atoms with van der Waals surface area (Å²) in [6.45, 7) is 7.93. The third-order valence-electron chi connectivity index (χ3n) is 5.20. The Morgan fingerprint density at radius 3 is 2.03 bits per heavy atom. The Kier molecular flexibility index (Phi) is 7.68. The number of hydrogen-bond donors (Lipinski definition) is 2. The van der Waals surface area contributed by atoms with Gasteiger partial charge in [0.1, 0.15) is 5.82 Å². The third kappa shape index (κ3) is 5.62. The fourth-order valence-corrected chi connectivity index (χ4v) is 4.84. The number of carbonyl (C=O) groups excluding carboxylic acids is 2. The van der Waals surface area contributed by atoms with Gasteiger partial charge in [-0.05, 0) is 47.9 Å². The van der Waals surface area contributed by atoms with Crippen LogP contribution in [0.15, 0.2) is 12.1 Å². The van der Waals surface area contributed by atoms with Gasteiger partial charge in [0, 0.05) is 18.8 Å². The number of piperidine rings is 1. The van der Waals surface area contributed by atoms with Crippen molar-refractivity contribution in [1.82, 2.24) is 9.62 Å². The fourth-order valence-electron chi connectivity index (χ4n) is 3.53. The Bertz CT molecular complexity index is 865. The number of sulfonamides is 1. The lowest BCUT2D eigenvalue weighted by atomic mass is 9.92. The van der Waals surface area contributed by atoms with Crippen molar-refractivity contribution in [2.75, 3.05) is 25.5 Å². The molecule has 2 rings (SSSR count). The quantitative estimate of drug-likeness (QED) is 0.721. The van der Waals surface area contributed by atoms with Crippen molar-refractivity contribution >= 4 is 27.8 Å². The Hall–Kier alpha value is -2.36. The molecule has 0 saturated carbocycles. The van der Waals surface area contributed by atoms with Gasteiger partial charge in [0.2, 0.25) is 10.0 Å². The predicted octanol–water partition coefficient (Wildman–Crippen LogP) is 3.75. The number of rotatable bonds is 5. The number of ether oxygens (including phenoxy) is 1. The summed E-state index contributed by atoms with van der Waals surface area (Å²) < 4.78 is 46.1. The predicted molar refractivity (Wildman–Crippen MR) is 113 cm³/mol. The number of urea groups is 1. The lowest BCUT2D eigenvalue weighted by Gasteiger charge is -2.30. The second kappa shape index (κ2) is 9.63. The van der Waals surface area contributed by atoms with Gasteiger partial charge in [-0.25, -0.2) is 27.1 Å². The van der Waals surface area contributed by atoms with Crippen LogP contribution in [-0.2, 0) is 14.8 Å². The number of likely N-dealkylation sites (tertiary alicyclic amines) is 1. The van der Waals surface area contributed by atoms with E-state index in [2.05, 4.69) is 14.8 Å². The van der Waals surface area contributed by atoms with Crippen LogP contribution in [0.1, 0.15) is 63.5 Å². The van der Waals surface area contributed by atoms with Crippen LogP contribution in [-0.4, -0.2) is 50.9 Å². The molecule has 0 aromatic heterocycles. The standard InChI is InChI=1S/C20H30FN3O5S/c1-12(2)16-10-14(21)11-17(13(3)4)18(16)22-19(25)23-30(27,28)15-6-8-24(9-7-15)20(26)29-5/h10-13,15H,6-9H2,1-5H3,(H2,22,23,25). The summed E-state index contributed by atoms with van der Waals surface area (Å²) in [5.74, 6) is -0.557. The molecule has 0 bridgehead atoms. The monoisotopic (exact) mass is 443 g/mol. The number of methoxy groups -OCH3 is 1. The largest absolute Gasteiger partial charge is 0.453 e. The summed E-state index contributed by atoms with van der Waals surface area (Å²) in [4.78, 5) is 25.5. The van der Waals surface area contributed by atoms with E-state index in [1.165, 1.54) is 24.1 Å². The first-order valence-electron chi connectivity index (χ1n) is 9.95. The summed E-state index contributed by atoms with van der Waals surface area (Å²) in [5, 5.41) is 1.82. The van der Waals surface area contributed by atoms with Gasteiger partial charge in [-0.1, -0.05) is 27.7 Å². The van der Waals surface area contributed by atoms with E-state index in [9.17, 15) is 22.4 Å². The van der Waals surface area contributed by atoms with Gasteiger partial charge in [0.15, 0.2) is 0 Å². The highest BCUT2D eigenvalue weighted by Crippen LogP contribution is 2.33. The van der Waals surface area contributed by atoms with E-state index in [0.717, 1.165) is 0 Å². The minimum atomic E-state index is -3.95. The summed E-state index contributed by atoms with van der Waals surface area (Å²) >= 11 is 0. The highest BCUT2D eigenvalue weighted by Gasteiger charge is 2.33. The Morgan fingerprint density at radius 2 is 1.60 bits per heavy atom. The van der Waals surface area contributed by atoms with E-state index in [-0.39, 0.29) is 37.8 Å². The molecule has 1 saturated heterocycles. The molecule has 10 heteroatoms. The van der Waals surface area contributed by atoms with Crippen molar-refractivity contribution in [3.63, 3.8) is 0 Å². The molecule has 1 aromatic rings. The molecule has 1 heterocycles. The van der Waals surface area contributed by atoms with Crippen molar-refractivity contribution < 1.29 is 27.1 Å². The first-order valence-corrected chi connectivity index (χ1v) is 11.5. The second-order valence-electron chi connectivity index (χ2n) is 8.03. The average Bonchev–Trinajstić information content (AvgIpc) is 2.67. The maximum atomic E-state index is 14.0. The molecule has 3 amide bonds. The van der Waals surface area contributed by atoms with E-state index in [1.807, 2.05) is 27.7 Å². The van der Waals surface area contributed by atoms with E-state index in [0.29, 0.717) is 16.8 Å². The van der Waals surface area contributed by atoms with Crippen molar-refractivity contribution in [3.05, 3.63) is 29.1 Å². The normalized spacial score (nSPS) is 15.4. The van der Waals surface area contributed by atoms with Crippen LogP contribution in [0.4, 0.5) is 19.7 Å². The minimum absolute atomic E-state index is 0.0762. The third-order valence-corrected chi connectivity index (χ3v) is 7.01. The molecule has 1 aromatic carbocycles. The second-order valence-corrected chi connectivity index (χ2v) is 9.99. The summed E-state index contributed by atoms with van der Waals surface area (Å²) in [5.41, 5.74) is 1.62. The number of hydrogen-bond acceptors (Lipinski definition) is 5. The molecular weight excluding hydrogens is 413 g/mol. The molecular formula is C20H30FN3O5S. The first-order chi connectivity index (χ1) is 14.0. The first kappa shape index (κ1) is 23.9. The van der Waals surface area contributed by atoms with Crippen molar-refractivity contribution in [2.24, 2.45) is 0 Å². The topological polar surface area (TPSA) is 105 Å². The van der Waals surface area contributed by atoms with Crippen LogP contribution in [0.2, 0.25) is 0 Å². The molecule has 1 fully saturated rings. The zero-order valence-electron chi connectivity index (χ0n) is 18.0. The van der Waals surface area contributed by atoms with Crippen LogP contribution in [0.25, 0.3) is 0 Å². The lowest BCUT2D eigenvalue weighted by Crippen LogP contribution is -2.47. The van der Waals surface area contributed by atoms with E-state index in [1.54, 1.807) is 0 Å². The van der Waals surface area contributed by atoms with Crippen LogP contribution < -0.4 is 10.0 Å². The van der Waals surface area contributed by atoms with Gasteiger partial charge in [-0.15, -0.1) is 0 Å². The molecule has 0 spiro atoms. The molecule has 0 radical (unpaired) electrons. The maximum absolute atomic E-state index is 14.0. The molecule has 2 N–H and O–H groups in total. The van der Waals surface area contributed by atoms with Gasteiger partial charge >= 0.3 is 12.1 Å². The fraction of sp³-hybridized carbons (Fsp3) is 0.600. The highest BCUT2D eigenvalue weighted by atomic mass is 32.2. The number of nitrogens with one attached hydrogen (secondary N) is 2. The zero-order valence-corrected chi connectivity index (χ0v) is 18.8. The van der Waals surface area contributed by atoms with E-state index < -0.39 is 33.2 Å². The van der Waals surface area contributed by atoms with E-state index in [4.69, 9.17) is 0 Å². The molecule has 1 aliphatic heterocycles. The Balaban J connectivity index is 2.15. The van der Waals surface area contributed by atoms with Crippen molar-refractivity contribution in [2.45, 2.75) is 57.6 Å². The van der Waals surface area contributed by atoms with E-state index >= 15 is 0 Å². The molecule has 168 valence electrons. The summed E-state index contributed by atoms with van der Waals surface area (Å²) in [7, 11) is -2.68. The number of amides is 3. The van der Waals surface area contributed by atoms with Gasteiger partial charge in [0.25, 0.3) is 0 Å². The molecule has 1 aliphatic rings. The van der Waals surface area contributed by atoms with Gasteiger partial charge < -0.3 is 15.0 Å². The maximum Gasteiger partial charge on any atom is 0.409 e. The van der Waals surface area contributed by atoms with Crippen LogP contribution in [0, 0.1) is 5.82 Å². The van der Waals surface area contributed by atoms with Crippen LogP contribution in [0.3, 0.4) is 0 Å². The zero-order chi connectivity index (χ0) is 22.6. The highest BCUT2D eigenvalue weighted by molar-refractivity contribution is 7.90. The number of benzene rings is 1. The smallest absolute Gasteiger partial charge is 0.409 e. The number of halogens is 1. The van der Waals surface area contributed by atoms with Gasteiger partial charge in [-0.2, -0.15) is 0 Å². The van der Waals surface area contributed by atoms with Crippen LogP contribution in [0.5, 0.6) is 0 Å². The van der Waals surface area contributed by atoms with Crippen molar-refractivity contribution in [3.8, 4) is 0 Å². The Morgan fingerprint density at radius 1 is 1.10 bits per heavy atom. The average molecular weight is 444 g/mol. The molecule has 8 nitrogen and oxygen atoms in total. The van der Waals surface area contributed by atoms with Gasteiger partial charge in [-0.3, -0.25) is 0 Å². The molecule has 0 unspecified atom stereocenters. The van der Waals surface area contributed by atoms with Crippen molar-refractivity contribution in [1.29, 1.82) is 0 Å². The summed E-state index contributed by atoms with van der Waals surface area (Å²) in [6.07, 6.45) is -0.110. The molecule has 0 atom stereocenters. The van der Waals surface area contributed by atoms with Crippen LogP contribution >= 0.6 is 0 Å². The lowest BCUT2D eigenvalue weighted by molar-refractivity contribution is 0.115. The molecule has 30 heavy (non-hydrogen) atoms. The Labute approximate surface area is 177 Å². The summed E-state index contributed by atoms with van der Waals surface area (Å²) in [6, 6.07) is 1.81. The van der Waals surface area contributed by atoms with Gasteiger partial charge in [0.05, 0.1) is 12.4 Å². The number of anilines is 1. The SMILES string of the molecule is COC(=O)N1CCC(S(=O)(=O)NC(=O)Nc2c(C(C)C)cc(F)cc2C(C)C)CC1. The number of carbonyl (C=O) groups is 2.